The summed E-state index contributed by atoms with van der Waals surface area (Å²) in [5.74, 6) is -0.190. The molecule has 22 heavy (non-hydrogen) atoms. The molecule has 3 aromatic rings. The Labute approximate surface area is 161 Å². The summed E-state index contributed by atoms with van der Waals surface area (Å²) < 4.78 is 15.7. The molecule has 0 unspecified atom stereocenters. The molecule has 0 nitrogen and oxygen atoms in total. The number of thiophene rings is 1. The quantitative estimate of drug-likeness (QED) is 0.330. The highest BCUT2D eigenvalue weighted by molar-refractivity contribution is 14.1. The van der Waals surface area contributed by atoms with Crippen LogP contribution in [0.15, 0.2) is 48.5 Å². The molecule has 0 fully saturated rings. The first-order valence-electron chi connectivity index (χ1n) is 6.83. The SMILES string of the molecule is Cc1ccc(I)c(I)c1Cc1ccc(-c2ccc(F)cc2)s1. The number of benzene rings is 2. The van der Waals surface area contributed by atoms with E-state index in [2.05, 4.69) is 76.4 Å². The van der Waals surface area contributed by atoms with Gasteiger partial charge in [0.25, 0.3) is 0 Å². The van der Waals surface area contributed by atoms with Crippen molar-refractivity contribution in [2.24, 2.45) is 0 Å². The van der Waals surface area contributed by atoms with Crippen LogP contribution in [0.5, 0.6) is 0 Å². The van der Waals surface area contributed by atoms with E-state index in [4.69, 9.17) is 0 Å². The van der Waals surface area contributed by atoms with E-state index in [0.717, 1.165) is 12.0 Å². The molecule has 0 aliphatic heterocycles. The lowest BCUT2D eigenvalue weighted by Crippen LogP contribution is -1.96. The lowest BCUT2D eigenvalue weighted by molar-refractivity contribution is 0.628. The van der Waals surface area contributed by atoms with Gasteiger partial charge >= 0.3 is 0 Å². The molecule has 0 aliphatic carbocycles. The summed E-state index contributed by atoms with van der Waals surface area (Å²) in [5.41, 5.74) is 3.81. The Hall–Kier alpha value is -0.470. The van der Waals surface area contributed by atoms with E-state index in [1.165, 1.54) is 40.2 Å². The van der Waals surface area contributed by atoms with Crippen LogP contribution >= 0.6 is 56.5 Å². The average Bonchev–Trinajstić information content (AvgIpc) is 2.97. The lowest BCUT2D eigenvalue weighted by atomic mass is 10.1. The van der Waals surface area contributed by atoms with Crippen LogP contribution in [0.2, 0.25) is 0 Å². The van der Waals surface area contributed by atoms with E-state index in [0.29, 0.717) is 0 Å². The third kappa shape index (κ3) is 3.54. The van der Waals surface area contributed by atoms with Crippen molar-refractivity contribution in [2.45, 2.75) is 13.3 Å². The highest BCUT2D eigenvalue weighted by Crippen LogP contribution is 2.32. The van der Waals surface area contributed by atoms with Crippen molar-refractivity contribution in [3.8, 4) is 10.4 Å². The first-order valence-corrected chi connectivity index (χ1v) is 9.80. The molecule has 2 aromatic carbocycles. The normalized spacial score (nSPS) is 10.9. The van der Waals surface area contributed by atoms with Gasteiger partial charge in [0.1, 0.15) is 5.82 Å². The van der Waals surface area contributed by atoms with Crippen LogP contribution < -0.4 is 0 Å². The highest BCUT2D eigenvalue weighted by Gasteiger charge is 2.10. The van der Waals surface area contributed by atoms with Gasteiger partial charge in [-0.05, 0) is 99.1 Å². The molecule has 1 heterocycles. The molecule has 0 atom stereocenters. The summed E-state index contributed by atoms with van der Waals surface area (Å²) in [6.07, 6.45) is 0.951. The first kappa shape index (κ1) is 16.4. The lowest BCUT2D eigenvalue weighted by Gasteiger charge is -2.09. The first-order chi connectivity index (χ1) is 10.5. The molecule has 0 saturated heterocycles. The highest BCUT2D eigenvalue weighted by atomic mass is 127. The maximum Gasteiger partial charge on any atom is 0.123 e. The van der Waals surface area contributed by atoms with Gasteiger partial charge in [0.15, 0.2) is 0 Å². The Morgan fingerprint density at radius 3 is 2.41 bits per heavy atom. The fourth-order valence-electron chi connectivity index (χ4n) is 2.32. The maximum absolute atomic E-state index is 13.0. The second-order valence-corrected chi connectivity index (χ2v) is 8.52. The van der Waals surface area contributed by atoms with Crippen molar-refractivity contribution in [1.82, 2.24) is 0 Å². The van der Waals surface area contributed by atoms with Crippen LogP contribution in [0.1, 0.15) is 16.0 Å². The molecule has 0 aliphatic rings. The molecule has 0 N–H and O–H groups in total. The smallest absolute Gasteiger partial charge is 0.123 e. The van der Waals surface area contributed by atoms with Crippen molar-refractivity contribution >= 4 is 56.5 Å². The molecule has 0 bridgehead atoms. The van der Waals surface area contributed by atoms with Crippen LogP contribution in [0.25, 0.3) is 10.4 Å². The summed E-state index contributed by atoms with van der Waals surface area (Å²) in [5, 5.41) is 0. The fraction of sp³-hybridized carbons (Fsp3) is 0.111. The Bertz CT molecular complexity index is 806. The van der Waals surface area contributed by atoms with Crippen molar-refractivity contribution in [2.75, 3.05) is 0 Å². The van der Waals surface area contributed by atoms with Gasteiger partial charge in [0.2, 0.25) is 0 Å². The zero-order valence-corrected chi connectivity index (χ0v) is 17.0. The van der Waals surface area contributed by atoms with E-state index in [1.54, 1.807) is 11.3 Å². The van der Waals surface area contributed by atoms with Crippen molar-refractivity contribution in [1.29, 1.82) is 0 Å². The number of hydrogen-bond acceptors (Lipinski definition) is 1. The van der Waals surface area contributed by atoms with Crippen molar-refractivity contribution in [3.05, 3.63) is 77.5 Å². The predicted octanol–water partition coefficient (Wildman–Crippen LogP) is 6.66. The zero-order chi connectivity index (χ0) is 15.7. The third-order valence-electron chi connectivity index (χ3n) is 3.57. The minimum absolute atomic E-state index is 0.190. The summed E-state index contributed by atoms with van der Waals surface area (Å²) in [6.45, 7) is 2.17. The van der Waals surface area contributed by atoms with Gasteiger partial charge in [-0.15, -0.1) is 11.3 Å². The second-order valence-electron chi connectivity index (χ2n) is 5.11. The maximum atomic E-state index is 13.0. The molecule has 0 radical (unpaired) electrons. The molecular formula is C18H13FI2S. The van der Waals surface area contributed by atoms with Crippen LogP contribution in [-0.4, -0.2) is 0 Å². The minimum atomic E-state index is -0.190. The standard InChI is InChI=1S/C18H13FI2S/c1-11-2-8-16(20)18(21)15(11)10-14-7-9-17(22-14)12-3-5-13(19)6-4-12/h2-9H,10H2,1H3. The van der Waals surface area contributed by atoms with Gasteiger partial charge in [-0.2, -0.15) is 0 Å². The van der Waals surface area contributed by atoms with Gasteiger partial charge in [-0.3, -0.25) is 0 Å². The monoisotopic (exact) mass is 534 g/mol. The summed E-state index contributed by atoms with van der Waals surface area (Å²) in [4.78, 5) is 2.52. The Morgan fingerprint density at radius 2 is 1.68 bits per heavy atom. The third-order valence-corrected chi connectivity index (χ3v) is 7.87. The number of rotatable bonds is 3. The van der Waals surface area contributed by atoms with Gasteiger partial charge in [0, 0.05) is 23.3 Å². The van der Waals surface area contributed by atoms with E-state index in [9.17, 15) is 4.39 Å². The minimum Gasteiger partial charge on any atom is -0.207 e. The van der Waals surface area contributed by atoms with Crippen LogP contribution in [0, 0.1) is 19.9 Å². The molecule has 3 rings (SSSR count). The summed E-state index contributed by atoms with van der Waals surface area (Å²) >= 11 is 6.60. The van der Waals surface area contributed by atoms with Crippen LogP contribution in [0.3, 0.4) is 0 Å². The molecular weight excluding hydrogens is 521 g/mol. The number of aryl methyl sites for hydroxylation is 1. The molecule has 4 heteroatoms. The molecule has 0 spiro atoms. The van der Waals surface area contributed by atoms with E-state index < -0.39 is 0 Å². The average molecular weight is 534 g/mol. The largest absolute Gasteiger partial charge is 0.207 e. The van der Waals surface area contributed by atoms with Gasteiger partial charge in [0.05, 0.1) is 0 Å². The number of hydrogen-bond donors (Lipinski definition) is 0. The second kappa shape index (κ2) is 6.97. The van der Waals surface area contributed by atoms with Crippen LogP contribution in [-0.2, 0) is 6.42 Å². The Morgan fingerprint density at radius 1 is 0.955 bits per heavy atom. The number of halogens is 3. The van der Waals surface area contributed by atoms with Gasteiger partial charge in [-0.25, -0.2) is 4.39 Å². The summed E-state index contributed by atoms with van der Waals surface area (Å²) in [6, 6.07) is 15.4. The molecule has 1 aromatic heterocycles. The molecule has 112 valence electrons. The van der Waals surface area contributed by atoms with Gasteiger partial charge in [-0.1, -0.05) is 18.2 Å². The predicted molar refractivity (Wildman–Crippen MR) is 109 cm³/mol. The molecule has 0 saturated carbocycles. The van der Waals surface area contributed by atoms with E-state index >= 15 is 0 Å². The topological polar surface area (TPSA) is 0 Å². The fourth-order valence-corrected chi connectivity index (χ4v) is 4.65. The Kier molecular flexibility index (Phi) is 5.19. The summed E-state index contributed by atoms with van der Waals surface area (Å²) in [7, 11) is 0. The molecule has 0 amide bonds. The van der Waals surface area contributed by atoms with Crippen molar-refractivity contribution < 1.29 is 4.39 Å². The zero-order valence-electron chi connectivity index (χ0n) is 11.9. The van der Waals surface area contributed by atoms with Crippen molar-refractivity contribution in [3.63, 3.8) is 0 Å². The van der Waals surface area contributed by atoms with Crippen LogP contribution in [0.4, 0.5) is 4.39 Å². The van der Waals surface area contributed by atoms with Gasteiger partial charge < -0.3 is 0 Å². The Balaban J connectivity index is 1.89. The van der Waals surface area contributed by atoms with E-state index in [1.807, 2.05) is 12.1 Å². The van der Waals surface area contributed by atoms with E-state index in [-0.39, 0.29) is 5.82 Å².